The van der Waals surface area contributed by atoms with Gasteiger partial charge in [-0.05, 0) is 24.8 Å². The van der Waals surface area contributed by atoms with E-state index in [1.54, 1.807) is 0 Å². The molecule has 0 fully saturated rings. The molecular formula is C14H31N. The molecule has 1 atom stereocenters. The summed E-state index contributed by atoms with van der Waals surface area (Å²) in [7, 11) is 0. The Bertz CT molecular complexity index is 129. The molecule has 0 aliphatic carbocycles. The number of hydrogen-bond donors (Lipinski definition) is 1. The molecule has 0 aliphatic heterocycles. The molecule has 0 bridgehead atoms. The molecular weight excluding hydrogens is 182 g/mol. The lowest BCUT2D eigenvalue weighted by molar-refractivity contribution is 0.322. The van der Waals surface area contributed by atoms with E-state index in [9.17, 15) is 0 Å². The molecule has 1 N–H and O–H groups in total. The highest BCUT2D eigenvalue weighted by molar-refractivity contribution is 4.63. The fourth-order valence-electron chi connectivity index (χ4n) is 2.10. The molecule has 0 aromatic heterocycles. The van der Waals surface area contributed by atoms with Gasteiger partial charge in [-0.25, -0.2) is 0 Å². The second-order valence-corrected chi connectivity index (χ2v) is 5.40. The van der Waals surface area contributed by atoms with Crippen LogP contribution < -0.4 is 5.32 Å². The first-order chi connectivity index (χ1) is 7.07. The predicted octanol–water partition coefficient (Wildman–Crippen LogP) is 4.23. The second-order valence-electron chi connectivity index (χ2n) is 5.40. The Labute approximate surface area is 97.0 Å². The molecule has 0 saturated carbocycles. The van der Waals surface area contributed by atoms with Crippen LogP contribution in [-0.2, 0) is 0 Å². The molecule has 0 radical (unpaired) electrons. The number of hydrogen-bond acceptors (Lipinski definition) is 1. The molecule has 0 spiro atoms. The normalized spacial score (nSPS) is 13.8. The highest BCUT2D eigenvalue weighted by Gasteiger charge is 2.11. The SMILES string of the molecule is CCCC(CCCCNC(C)C)C(C)C. The lowest BCUT2D eigenvalue weighted by Crippen LogP contribution is -2.23. The van der Waals surface area contributed by atoms with Gasteiger partial charge in [-0.2, -0.15) is 0 Å². The minimum atomic E-state index is 0.640. The smallest absolute Gasteiger partial charge is 0.00103 e. The van der Waals surface area contributed by atoms with Crippen molar-refractivity contribution in [2.75, 3.05) is 6.54 Å². The lowest BCUT2D eigenvalue weighted by Gasteiger charge is -2.20. The molecule has 0 aromatic rings. The Balaban J connectivity index is 3.45. The standard InChI is InChI=1S/C14H31N/c1-6-9-14(12(2)3)10-7-8-11-15-13(4)5/h12-15H,6-11H2,1-5H3. The Morgan fingerprint density at radius 3 is 2.07 bits per heavy atom. The number of nitrogens with one attached hydrogen (secondary N) is 1. The maximum atomic E-state index is 3.48. The van der Waals surface area contributed by atoms with Gasteiger partial charge in [-0.1, -0.05) is 60.3 Å². The van der Waals surface area contributed by atoms with Crippen molar-refractivity contribution in [3.8, 4) is 0 Å². The van der Waals surface area contributed by atoms with Crippen LogP contribution in [-0.4, -0.2) is 12.6 Å². The van der Waals surface area contributed by atoms with E-state index in [-0.39, 0.29) is 0 Å². The second kappa shape index (κ2) is 9.21. The van der Waals surface area contributed by atoms with Crippen LogP contribution in [0.2, 0.25) is 0 Å². The van der Waals surface area contributed by atoms with Crippen molar-refractivity contribution in [3.63, 3.8) is 0 Å². The van der Waals surface area contributed by atoms with Gasteiger partial charge in [-0.3, -0.25) is 0 Å². The fourth-order valence-corrected chi connectivity index (χ4v) is 2.10. The van der Waals surface area contributed by atoms with E-state index in [1.807, 2.05) is 0 Å². The largest absolute Gasteiger partial charge is 0.315 e. The molecule has 0 saturated heterocycles. The van der Waals surface area contributed by atoms with Gasteiger partial charge in [0, 0.05) is 6.04 Å². The lowest BCUT2D eigenvalue weighted by atomic mass is 9.87. The van der Waals surface area contributed by atoms with Crippen LogP contribution >= 0.6 is 0 Å². The Kier molecular flexibility index (Phi) is 9.18. The maximum Gasteiger partial charge on any atom is 0.00103 e. The molecule has 0 amide bonds. The van der Waals surface area contributed by atoms with Crippen LogP contribution in [0.25, 0.3) is 0 Å². The summed E-state index contributed by atoms with van der Waals surface area (Å²) in [4.78, 5) is 0. The first-order valence-electron chi connectivity index (χ1n) is 6.81. The Morgan fingerprint density at radius 1 is 0.933 bits per heavy atom. The van der Waals surface area contributed by atoms with Gasteiger partial charge in [-0.15, -0.1) is 0 Å². The van der Waals surface area contributed by atoms with Gasteiger partial charge in [0.25, 0.3) is 0 Å². The number of unbranched alkanes of at least 4 members (excludes halogenated alkanes) is 1. The first kappa shape index (κ1) is 15.0. The highest BCUT2D eigenvalue weighted by Crippen LogP contribution is 2.22. The molecule has 1 unspecified atom stereocenters. The third kappa shape index (κ3) is 8.92. The summed E-state index contributed by atoms with van der Waals surface area (Å²) in [5.74, 6) is 1.82. The monoisotopic (exact) mass is 213 g/mol. The average Bonchev–Trinajstić information content (AvgIpc) is 2.15. The predicted molar refractivity (Wildman–Crippen MR) is 70.2 cm³/mol. The average molecular weight is 213 g/mol. The van der Waals surface area contributed by atoms with Crippen molar-refractivity contribution in [2.45, 2.75) is 72.8 Å². The van der Waals surface area contributed by atoms with Gasteiger partial charge < -0.3 is 5.32 Å². The Morgan fingerprint density at radius 2 is 1.60 bits per heavy atom. The van der Waals surface area contributed by atoms with E-state index in [1.165, 1.54) is 38.6 Å². The van der Waals surface area contributed by atoms with Gasteiger partial charge in [0.15, 0.2) is 0 Å². The zero-order valence-corrected chi connectivity index (χ0v) is 11.5. The van der Waals surface area contributed by atoms with Crippen LogP contribution in [0.3, 0.4) is 0 Å². The molecule has 92 valence electrons. The van der Waals surface area contributed by atoms with Crippen LogP contribution in [0.5, 0.6) is 0 Å². The summed E-state index contributed by atoms with van der Waals surface area (Å²) in [6, 6.07) is 0.640. The van der Waals surface area contributed by atoms with E-state index in [0.717, 1.165) is 11.8 Å². The van der Waals surface area contributed by atoms with Crippen molar-refractivity contribution in [2.24, 2.45) is 11.8 Å². The molecule has 15 heavy (non-hydrogen) atoms. The van der Waals surface area contributed by atoms with E-state index in [4.69, 9.17) is 0 Å². The maximum absolute atomic E-state index is 3.48. The van der Waals surface area contributed by atoms with Crippen molar-refractivity contribution in [1.82, 2.24) is 5.32 Å². The summed E-state index contributed by atoms with van der Waals surface area (Å²) in [6.07, 6.45) is 6.90. The summed E-state index contributed by atoms with van der Waals surface area (Å²) in [5.41, 5.74) is 0. The highest BCUT2D eigenvalue weighted by atomic mass is 14.9. The third-order valence-electron chi connectivity index (χ3n) is 3.16. The summed E-state index contributed by atoms with van der Waals surface area (Å²) < 4.78 is 0. The van der Waals surface area contributed by atoms with Crippen molar-refractivity contribution in [1.29, 1.82) is 0 Å². The minimum Gasteiger partial charge on any atom is -0.315 e. The molecule has 0 heterocycles. The molecule has 1 nitrogen and oxygen atoms in total. The first-order valence-corrected chi connectivity index (χ1v) is 6.81. The van der Waals surface area contributed by atoms with E-state index < -0.39 is 0 Å². The third-order valence-corrected chi connectivity index (χ3v) is 3.16. The fraction of sp³-hybridized carbons (Fsp3) is 1.00. The van der Waals surface area contributed by atoms with Crippen molar-refractivity contribution in [3.05, 3.63) is 0 Å². The van der Waals surface area contributed by atoms with Gasteiger partial charge in [0.2, 0.25) is 0 Å². The van der Waals surface area contributed by atoms with Crippen molar-refractivity contribution < 1.29 is 0 Å². The van der Waals surface area contributed by atoms with E-state index >= 15 is 0 Å². The summed E-state index contributed by atoms with van der Waals surface area (Å²) in [5, 5.41) is 3.48. The molecule has 0 rings (SSSR count). The van der Waals surface area contributed by atoms with Crippen LogP contribution in [0.4, 0.5) is 0 Å². The van der Waals surface area contributed by atoms with Crippen molar-refractivity contribution >= 4 is 0 Å². The summed E-state index contributed by atoms with van der Waals surface area (Å²) >= 11 is 0. The zero-order valence-electron chi connectivity index (χ0n) is 11.5. The van der Waals surface area contributed by atoms with Crippen LogP contribution in [0.15, 0.2) is 0 Å². The summed E-state index contributed by atoms with van der Waals surface area (Å²) in [6.45, 7) is 12.7. The number of rotatable bonds is 9. The van der Waals surface area contributed by atoms with E-state index in [0.29, 0.717) is 6.04 Å². The van der Waals surface area contributed by atoms with Crippen LogP contribution in [0.1, 0.15) is 66.7 Å². The molecule has 0 aliphatic rings. The minimum absolute atomic E-state index is 0.640. The molecule has 1 heteroatoms. The zero-order chi connectivity index (χ0) is 11.7. The Hall–Kier alpha value is -0.0400. The van der Waals surface area contributed by atoms with E-state index in [2.05, 4.69) is 39.9 Å². The van der Waals surface area contributed by atoms with Gasteiger partial charge in [0.1, 0.15) is 0 Å². The topological polar surface area (TPSA) is 12.0 Å². The molecule has 0 aromatic carbocycles. The van der Waals surface area contributed by atoms with Gasteiger partial charge >= 0.3 is 0 Å². The quantitative estimate of drug-likeness (QED) is 0.565. The van der Waals surface area contributed by atoms with Crippen LogP contribution in [0, 0.1) is 11.8 Å². The van der Waals surface area contributed by atoms with Gasteiger partial charge in [0.05, 0.1) is 0 Å².